The number of aryl methyl sites for hydroxylation is 2. The molecule has 2 rings (SSSR count). The minimum Gasteiger partial charge on any atom is -0.370 e. The summed E-state index contributed by atoms with van der Waals surface area (Å²) in [5, 5.41) is 6.25. The van der Waals surface area contributed by atoms with Gasteiger partial charge >= 0.3 is 0 Å². The van der Waals surface area contributed by atoms with Gasteiger partial charge in [0.2, 0.25) is 5.91 Å². The van der Waals surface area contributed by atoms with Crippen LogP contribution in [0.1, 0.15) is 44.4 Å². The zero-order valence-electron chi connectivity index (χ0n) is 11.8. The number of nitrogens with zero attached hydrogens (tertiary/aromatic N) is 1. The lowest BCUT2D eigenvalue weighted by atomic mass is 10.1. The summed E-state index contributed by atoms with van der Waals surface area (Å²) in [6, 6.07) is 4.48. The fourth-order valence-electron chi connectivity index (χ4n) is 2.33. The maximum absolute atomic E-state index is 11.5. The standard InChI is InChI=1S/C15H23N3O/c1-11(2)17-14(19)7-3-6-13-9-8-12-5-4-10-16-15(12)18-13/h8-9,11H,3-7,10H2,1-2H3,(H,16,18)(H,17,19). The molecule has 1 aromatic heterocycles. The minimum atomic E-state index is 0.131. The average Bonchev–Trinajstić information content (AvgIpc) is 2.37. The normalized spacial score (nSPS) is 13.8. The molecule has 0 radical (unpaired) electrons. The lowest BCUT2D eigenvalue weighted by molar-refractivity contribution is -0.121. The van der Waals surface area contributed by atoms with E-state index in [4.69, 9.17) is 0 Å². The Kier molecular flexibility index (Phi) is 4.77. The van der Waals surface area contributed by atoms with E-state index in [2.05, 4.69) is 27.8 Å². The van der Waals surface area contributed by atoms with Crippen LogP contribution in [-0.4, -0.2) is 23.5 Å². The molecule has 0 spiro atoms. The lowest BCUT2D eigenvalue weighted by Crippen LogP contribution is -2.29. The van der Waals surface area contributed by atoms with Crippen LogP contribution in [0.2, 0.25) is 0 Å². The number of anilines is 1. The zero-order valence-corrected chi connectivity index (χ0v) is 11.8. The van der Waals surface area contributed by atoms with Crippen molar-refractivity contribution in [2.24, 2.45) is 0 Å². The summed E-state index contributed by atoms with van der Waals surface area (Å²) in [6.45, 7) is 4.98. The number of hydrogen-bond acceptors (Lipinski definition) is 3. The Hall–Kier alpha value is -1.58. The van der Waals surface area contributed by atoms with Gasteiger partial charge in [-0.3, -0.25) is 4.79 Å². The molecular weight excluding hydrogens is 238 g/mol. The van der Waals surface area contributed by atoms with E-state index in [-0.39, 0.29) is 11.9 Å². The summed E-state index contributed by atoms with van der Waals surface area (Å²) in [7, 11) is 0. The van der Waals surface area contributed by atoms with Gasteiger partial charge in [-0.05, 0) is 51.2 Å². The van der Waals surface area contributed by atoms with E-state index in [1.165, 1.54) is 12.0 Å². The Labute approximate surface area is 115 Å². The second-order valence-corrected chi connectivity index (χ2v) is 5.42. The molecule has 0 bridgehead atoms. The molecule has 1 amide bonds. The summed E-state index contributed by atoms with van der Waals surface area (Å²) in [4.78, 5) is 16.2. The molecule has 0 saturated heterocycles. The third-order valence-electron chi connectivity index (χ3n) is 3.24. The molecule has 2 N–H and O–H groups in total. The number of rotatable bonds is 5. The Morgan fingerprint density at radius 3 is 3.11 bits per heavy atom. The highest BCUT2D eigenvalue weighted by Gasteiger charge is 2.10. The van der Waals surface area contributed by atoms with Gasteiger partial charge in [0.25, 0.3) is 0 Å². The molecule has 0 atom stereocenters. The molecule has 0 aromatic carbocycles. The van der Waals surface area contributed by atoms with Gasteiger partial charge in [-0.1, -0.05) is 6.07 Å². The van der Waals surface area contributed by atoms with Crippen LogP contribution in [0.5, 0.6) is 0 Å². The van der Waals surface area contributed by atoms with Gasteiger partial charge in [0.05, 0.1) is 0 Å². The molecule has 104 valence electrons. The number of nitrogens with one attached hydrogen (secondary N) is 2. The third-order valence-corrected chi connectivity index (χ3v) is 3.24. The van der Waals surface area contributed by atoms with Gasteiger partial charge in [-0.15, -0.1) is 0 Å². The largest absolute Gasteiger partial charge is 0.370 e. The molecule has 2 heterocycles. The molecule has 0 unspecified atom stereocenters. The molecule has 0 aliphatic carbocycles. The van der Waals surface area contributed by atoms with Crippen molar-refractivity contribution in [2.75, 3.05) is 11.9 Å². The van der Waals surface area contributed by atoms with Gasteiger partial charge in [0.1, 0.15) is 5.82 Å². The van der Waals surface area contributed by atoms with Crippen molar-refractivity contribution in [1.82, 2.24) is 10.3 Å². The molecule has 0 saturated carbocycles. The maximum Gasteiger partial charge on any atom is 0.220 e. The summed E-state index contributed by atoms with van der Waals surface area (Å²) in [5.74, 6) is 1.17. The third kappa shape index (κ3) is 4.23. The highest BCUT2D eigenvalue weighted by molar-refractivity contribution is 5.76. The number of carbonyl (C=O) groups excluding carboxylic acids is 1. The fourth-order valence-corrected chi connectivity index (χ4v) is 2.33. The van der Waals surface area contributed by atoms with E-state index in [0.29, 0.717) is 6.42 Å². The molecule has 1 aromatic rings. The van der Waals surface area contributed by atoms with Crippen molar-refractivity contribution in [2.45, 2.75) is 52.0 Å². The van der Waals surface area contributed by atoms with Gasteiger partial charge in [-0.25, -0.2) is 4.98 Å². The second-order valence-electron chi connectivity index (χ2n) is 5.42. The zero-order chi connectivity index (χ0) is 13.7. The minimum absolute atomic E-state index is 0.131. The highest BCUT2D eigenvalue weighted by Crippen LogP contribution is 2.20. The quantitative estimate of drug-likeness (QED) is 0.855. The summed E-state index contributed by atoms with van der Waals surface area (Å²) in [6.07, 6.45) is 4.59. The topological polar surface area (TPSA) is 54.0 Å². The van der Waals surface area contributed by atoms with Gasteiger partial charge in [0.15, 0.2) is 0 Å². The fraction of sp³-hybridized carbons (Fsp3) is 0.600. The number of pyridine rings is 1. The molecule has 4 heteroatoms. The van der Waals surface area contributed by atoms with Crippen LogP contribution in [-0.2, 0) is 17.6 Å². The molecule has 0 fully saturated rings. The van der Waals surface area contributed by atoms with Crippen LogP contribution in [0.25, 0.3) is 0 Å². The van der Waals surface area contributed by atoms with Crippen LogP contribution in [0.3, 0.4) is 0 Å². The summed E-state index contributed by atoms with van der Waals surface area (Å²) >= 11 is 0. The molecule has 1 aliphatic rings. The van der Waals surface area contributed by atoms with Crippen molar-refractivity contribution >= 4 is 11.7 Å². The number of carbonyl (C=O) groups is 1. The highest BCUT2D eigenvalue weighted by atomic mass is 16.1. The van der Waals surface area contributed by atoms with Crippen molar-refractivity contribution in [1.29, 1.82) is 0 Å². The van der Waals surface area contributed by atoms with Crippen molar-refractivity contribution < 1.29 is 4.79 Å². The van der Waals surface area contributed by atoms with Crippen molar-refractivity contribution in [3.8, 4) is 0 Å². The van der Waals surface area contributed by atoms with E-state index < -0.39 is 0 Å². The average molecular weight is 261 g/mol. The predicted molar refractivity (Wildman–Crippen MR) is 77.3 cm³/mol. The SMILES string of the molecule is CC(C)NC(=O)CCCc1ccc2c(n1)NCCC2. The first-order valence-corrected chi connectivity index (χ1v) is 7.17. The monoisotopic (exact) mass is 261 g/mol. The first kappa shape index (κ1) is 13.8. The Balaban J connectivity index is 1.81. The molecule has 19 heavy (non-hydrogen) atoms. The number of hydrogen-bond donors (Lipinski definition) is 2. The molecule has 1 aliphatic heterocycles. The maximum atomic E-state index is 11.5. The number of aromatic nitrogens is 1. The Morgan fingerprint density at radius 2 is 2.32 bits per heavy atom. The van der Waals surface area contributed by atoms with Crippen LogP contribution >= 0.6 is 0 Å². The van der Waals surface area contributed by atoms with Crippen molar-refractivity contribution in [3.05, 3.63) is 23.4 Å². The first-order chi connectivity index (χ1) is 9.15. The first-order valence-electron chi connectivity index (χ1n) is 7.17. The second kappa shape index (κ2) is 6.55. The molecular formula is C15H23N3O. The van der Waals surface area contributed by atoms with E-state index in [1.54, 1.807) is 0 Å². The van der Waals surface area contributed by atoms with Crippen molar-refractivity contribution in [3.63, 3.8) is 0 Å². The van der Waals surface area contributed by atoms with E-state index in [9.17, 15) is 4.79 Å². The summed E-state index contributed by atoms with van der Waals surface area (Å²) < 4.78 is 0. The van der Waals surface area contributed by atoms with Crippen LogP contribution in [0, 0.1) is 0 Å². The lowest BCUT2D eigenvalue weighted by Gasteiger charge is -2.17. The van der Waals surface area contributed by atoms with Gasteiger partial charge in [-0.2, -0.15) is 0 Å². The molecule has 4 nitrogen and oxygen atoms in total. The van der Waals surface area contributed by atoms with Gasteiger partial charge in [0, 0.05) is 24.7 Å². The van der Waals surface area contributed by atoms with E-state index in [1.807, 2.05) is 13.8 Å². The number of fused-ring (bicyclic) bond motifs is 1. The Bertz CT molecular complexity index is 443. The smallest absolute Gasteiger partial charge is 0.220 e. The predicted octanol–water partition coefficient (Wildman–Crippen LogP) is 2.29. The van der Waals surface area contributed by atoms with Crippen LogP contribution in [0.4, 0.5) is 5.82 Å². The van der Waals surface area contributed by atoms with Crippen LogP contribution < -0.4 is 10.6 Å². The van der Waals surface area contributed by atoms with E-state index in [0.717, 1.165) is 37.3 Å². The number of amides is 1. The van der Waals surface area contributed by atoms with E-state index >= 15 is 0 Å². The van der Waals surface area contributed by atoms with Crippen LogP contribution in [0.15, 0.2) is 12.1 Å². The summed E-state index contributed by atoms with van der Waals surface area (Å²) in [5.41, 5.74) is 2.39. The van der Waals surface area contributed by atoms with Gasteiger partial charge < -0.3 is 10.6 Å². The Morgan fingerprint density at radius 1 is 1.47 bits per heavy atom.